The van der Waals surface area contributed by atoms with Crippen LogP contribution in [-0.2, 0) is 14.8 Å². The Labute approximate surface area is 213 Å². The number of carbonyl (C=O) groups is 1. The summed E-state index contributed by atoms with van der Waals surface area (Å²) >= 11 is 7.55. The number of sulfonamides is 1. The molecule has 0 saturated carbocycles. The third kappa shape index (κ3) is 6.16. The van der Waals surface area contributed by atoms with Gasteiger partial charge in [0, 0.05) is 31.0 Å². The molecule has 9 nitrogen and oxygen atoms in total. The van der Waals surface area contributed by atoms with Gasteiger partial charge in [-0.2, -0.15) is 4.31 Å². The minimum Gasteiger partial charge on any atom is -0.495 e. The second-order valence-corrected chi connectivity index (χ2v) is 11.4. The van der Waals surface area contributed by atoms with Crippen LogP contribution in [0.1, 0.15) is 12.8 Å². The highest BCUT2D eigenvalue weighted by Crippen LogP contribution is 2.30. The Morgan fingerprint density at radius 1 is 1.29 bits per heavy atom. The van der Waals surface area contributed by atoms with Crippen LogP contribution in [0.3, 0.4) is 0 Å². The Morgan fingerprint density at radius 3 is 2.83 bits per heavy atom. The summed E-state index contributed by atoms with van der Waals surface area (Å²) in [4.78, 5) is 17.3. The zero-order chi connectivity index (χ0) is 24.8. The average Bonchev–Trinajstić information content (AvgIpc) is 3.36. The summed E-state index contributed by atoms with van der Waals surface area (Å²) in [6.45, 7) is 0.919. The van der Waals surface area contributed by atoms with Gasteiger partial charge in [-0.15, -0.1) is 5.10 Å². The Morgan fingerprint density at radius 2 is 2.09 bits per heavy atom. The SMILES string of the molecule is COc1ccc(S(=O)(=O)N2CCC[C@@H](C(=O)NCCSc3n[nH]c(-c4ccccc4)n3)C2)cc1Cl. The first-order chi connectivity index (χ1) is 16.9. The Balaban J connectivity index is 1.28. The van der Waals surface area contributed by atoms with Gasteiger partial charge >= 0.3 is 0 Å². The van der Waals surface area contributed by atoms with Crippen molar-refractivity contribution >= 4 is 39.3 Å². The average molecular weight is 536 g/mol. The monoisotopic (exact) mass is 535 g/mol. The van der Waals surface area contributed by atoms with Crippen molar-refractivity contribution in [3.05, 3.63) is 53.6 Å². The van der Waals surface area contributed by atoms with E-state index in [9.17, 15) is 13.2 Å². The molecule has 2 aromatic carbocycles. The lowest BCUT2D eigenvalue weighted by Gasteiger charge is -2.31. The Bertz CT molecular complexity index is 1270. The lowest BCUT2D eigenvalue weighted by Crippen LogP contribution is -2.45. The van der Waals surface area contributed by atoms with Gasteiger partial charge in [0.15, 0.2) is 5.82 Å². The number of thioether (sulfide) groups is 1. The smallest absolute Gasteiger partial charge is 0.243 e. The molecule has 4 rings (SSSR count). The summed E-state index contributed by atoms with van der Waals surface area (Å²) < 4.78 is 32.7. The molecule has 1 saturated heterocycles. The molecule has 3 aromatic rings. The van der Waals surface area contributed by atoms with Crippen LogP contribution in [0.15, 0.2) is 58.6 Å². The Kier molecular flexibility index (Phi) is 8.32. The van der Waals surface area contributed by atoms with E-state index >= 15 is 0 Å². The number of ether oxygens (including phenoxy) is 1. The molecule has 186 valence electrons. The number of amides is 1. The van der Waals surface area contributed by atoms with Crippen molar-refractivity contribution in [2.45, 2.75) is 22.9 Å². The number of nitrogens with one attached hydrogen (secondary N) is 2. The number of halogens is 1. The van der Waals surface area contributed by atoms with Crippen LogP contribution in [0.25, 0.3) is 11.4 Å². The summed E-state index contributed by atoms with van der Waals surface area (Å²) in [7, 11) is -2.30. The summed E-state index contributed by atoms with van der Waals surface area (Å²) in [5.74, 6) is 1.12. The van der Waals surface area contributed by atoms with E-state index in [-0.39, 0.29) is 22.4 Å². The van der Waals surface area contributed by atoms with Crippen LogP contribution < -0.4 is 10.1 Å². The molecule has 1 atom stereocenters. The summed E-state index contributed by atoms with van der Waals surface area (Å²) in [5.41, 5.74) is 0.953. The van der Waals surface area contributed by atoms with Gasteiger partial charge < -0.3 is 10.1 Å². The van der Waals surface area contributed by atoms with Crippen molar-refractivity contribution in [1.29, 1.82) is 0 Å². The van der Waals surface area contributed by atoms with Gasteiger partial charge in [-0.1, -0.05) is 53.7 Å². The van der Waals surface area contributed by atoms with E-state index in [0.717, 1.165) is 5.56 Å². The van der Waals surface area contributed by atoms with Gasteiger partial charge in [0.25, 0.3) is 0 Å². The number of methoxy groups -OCH3 is 1. The molecule has 0 unspecified atom stereocenters. The zero-order valence-corrected chi connectivity index (χ0v) is 21.5. The summed E-state index contributed by atoms with van der Waals surface area (Å²) in [6, 6.07) is 14.1. The fourth-order valence-corrected chi connectivity index (χ4v) is 6.35. The number of aromatic amines is 1. The maximum absolute atomic E-state index is 13.1. The van der Waals surface area contributed by atoms with E-state index in [1.165, 1.54) is 41.4 Å². The molecular weight excluding hydrogens is 510 g/mol. The fraction of sp³-hybridized carbons (Fsp3) is 0.348. The molecule has 1 aromatic heterocycles. The molecule has 1 fully saturated rings. The minimum atomic E-state index is -3.77. The van der Waals surface area contributed by atoms with Crippen LogP contribution >= 0.6 is 23.4 Å². The van der Waals surface area contributed by atoms with Crippen LogP contribution in [0.4, 0.5) is 0 Å². The third-order valence-electron chi connectivity index (χ3n) is 5.66. The number of hydrogen-bond donors (Lipinski definition) is 2. The predicted molar refractivity (Wildman–Crippen MR) is 135 cm³/mol. The van der Waals surface area contributed by atoms with E-state index in [0.29, 0.717) is 48.4 Å². The number of aromatic nitrogens is 3. The van der Waals surface area contributed by atoms with E-state index < -0.39 is 15.9 Å². The topological polar surface area (TPSA) is 117 Å². The molecule has 1 aliphatic rings. The maximum Gasteiger partial charge on any atom is 0.243 e. The molecule has 2 N–H and O–H groups in total. The lowest BCUT2D eigenvalue weighted by molar-refractivity contribution is -0.125. The molecular formula is C23H26ClN5O4S2. The third-order valence-corrected chi connectivity index (χ3v) is 8.67. The van der Waals surface area contributed by atoms with Gasteiger partial charge in [-0.25, -0.2) is 13.4 Å². The zero-order valence-electron chi connectivity index (χ0n) is 19.1. The van der Waals surface area contributed by atoms with Gasteiger partial charge in [0.05, 0.1) is 22.9 Å². The van der Waals surface area contributed by atoms with Gasteiger partial charge in [0.1, 0.15) is 5.75 Å². The molecule has 0 bridgehead atoms. The van der Waals surface area contributed by atoms with Gasteiger partial charge in [0.2, 0.25) is 21.1 Å². The molecule has 1 amide bonds. The van der Waals surface area contributed by atoms with Crippen molar-refractivity contribution < 1.29 is 17.9 Å². The molecule has 12 heteroatoms. The molecule has 2 heterocycles. The van der Waals surface area contributed by atoms with Crippen LogP contribution in [0.5, 0.6) is 5.75 Å². The van der Waals surface area contributed by atoms with E-state index in [4.69, 9.17) is 16.3 Å². The molecule has 1 aliphatic heterocycles. The first-order valence-electron chi connectivity index (χ1n) is 11.1. The molecule has 35 heavy (non-hydrogen) atoms. The van der Waals surface area contributed by atoms with E-state index in [1.54, 1.807) is 0 Å². The highest BCUT2D eigenvalue weighted by Gasteiger charge is 2.33. The first kappa shape index (κ1) is 25.5. The van der Waals surface area contributed by atoms with E-state index in [2.05, 4.69) is 20.5 Å². The van der Waals surface area contributed by atoms with Crippen molar-refractivity contribution in [3.63, 3.8) is 0 Å². The number of benzene rings is 2. The highest BCUT2D eigenvalue weighted by molar-refractivity contribution is 7.99. The predicted octanol–water partition coefficient (Wildman–Crippen LogP) is 3.44. The van der Waals surface area contributed by atoms with Crippen molar-refractivity contribution in [3.8, 4) is 17.1 Å². The number of hydrogen-bond acceptors (Lipinski definition) is 7. The first-order valence-corrected chi connectivity index (χ1v) is 13.9. The number of carbonyl (C=O) groups excluding carboxylic acids is 1. The van der Waals surface area contributed by atoms with E-state index in [1.807, 2.05) is 30.3 Å². The largest absolute Gasteiger partial charge is 0.495 e. The summed E-state index contributed by atoms with van der Waals surface area (Å²) in [5, 5.41) is 10.9. The van der Waals surface area contributed by atoms with Crippen molar-refractivity contribution in [2.75, 3.05) is 32.5 Å². The maximum atomic E-state index is 13.1. The van der Waals surface area contributed by atoms with Crippen LogP contribution in [0.2, 0.25) is 5.02 Å². The van der Waals surface area contributed by atoms with Gasteiger partial charge in [-0.05, 0) is 31.0 Å². The van der Waals surface area contributed by atoms with Crippen molar-refractivity contribution in [1.82, 2.24) is 24.8 Å². The second-order valence-electron chi connectivity index (χ2n) is 7.97. The number of nitrogens with zero attached hydrogens (tertiary/aromatic N) is 3. The summed E-state index contributed by atoms with van der Waals surface area (Å²) in [6.07, 6.45) is 1.24. The minimum absolute atomic E-state index is 0.0853. The Hall–Kier alpha value is -2.60. The van der Waals surface area contributed by atoms with Crippen LogP contribution in [-0.4, -0.2) is 66.3 Å². The number of piperidine rings is 1. The second kappa shape index (κ2) is 11.4. The quantitative estimate of drug-likeness (QED) is 0.318. The van der Waals surface area contributed by atoms with Gasteiger partial charge in [-0.3, -0.25) is 9.89 Å². The lowest BCUT2D eigenvalue weighted by atomic mass is 9.99. The standard InChI is InChI=1S/C23H26ClN5O4S2/c1-33-20-10-9-18(14-19(20)24)35(31,32)29-12-5-8-17(15-29)22(30)25-11-13-34-23-26-21(27-28-23)16-6-3-2-4-7-16/h2-4,6-7,9-10,14,17H,5,8,11-13,15H2,1H3,(H,25,30)(H,26,27,28)/t17-/m1/s1. The highest BCUT2D eigenvalue weighted by atomic mass is 35.5. The van der Waals surface area contributed by atoms with Crippen LogP contribution in [0, 0.1) is 5.92 Å². The normalized spacial score (nSPS) is 16.7. The molecule has 0 spiro atoms. The molecule has 0 radical (unpaired) electrons. The number of rotatable bonds is 9. The fourth-order valence-electron chi connectivity index (χ4n) is 3.83. The van der Waals surface area contributed by atoms with Crippen molar-refractivity contribution in [2.24, 2.45) is 5.92 Å². The molecule has 0 aliphatic carbocycles. The number of H-pyrrole nitrogens is 1.